The second-order valence-corrected chi connectivity index (χ2v) is 12.6. The third kappa shape index (κ3) is 4.60. The largest absolute Gasteiger partial charge is 0.349 e. The average Bonchev–Trinajstić information content (AvgIpc) is 2.77. The highest BCUT2D eigenvalue weighted by Crippen LogP contribution is 2.61. The Morgan fingerprint density at radius 1 is 0.939 bits per heavy atom. The molecule has 0 aliphatic heterocycles. The van der Waals surface area contributed by atoms with Crippen molar-refractivity contribution in [2.24, 2.45) is 23.2 Å². The molecule has 4 aliphatic rings. The zero-order chi connectivity index (χ0) is 23.2. The first-order valence-electron chi connectivity index (χ1n) is 12.2. The number of amides is 1. The van der Waals surface area contributed by atoms with E-state index < -0.39 is 10.0 Å². The summed E-state index contributed by atoms with van der Waals surface area (Å²) in [4.78, 5) is 13.2. The van der Waals surface area contributed by atoms with Crippen molar-refractivity contribution in [1.29, 1.82) is 0 Å². The van der Waals surface area contributed by atoms with Crippen molar-refractivity contribution in [2.45, 2.75) is 69.9 Å². The van der Waals surface area contributed by atoms with Crippen molar-refractivity contribution >= 4 is 15.9 Å². The number of carbonyl (C=O) groups is 1. The van der Waals surface area contributed by atoms with Crippen LogP contribution in [0.1, 0.15) is 66.9 Å². The summed E-state index contributed by atoms with van der Waals surface area (Å²) in [6.07, 6.45) is 7.99. The minimum Gasteiger partial charge on any atom is -0.349 e. The van der Waals surface area contributed by atoms with Crippen LogP contribution in [-0.2, 0) is 16.6 Å². The summed E-state index contributed by atoms with van der Waals surface area (Å²) < 4.78 is 27.6. The molecule has 5 nitrogen and oxygen atoms in total. The van der Waals surface area contributed by atoms with Crippen LogP contribution in [0.15, 0.2) is 53.4 Å². The number of hydrogen-bond acceptors (Lipinski definition) is 3. The molecule has 2 N–H and O–H groups in total. The summed E-state index contributed by atoms with van der Waals surface area (Å²) in [6.45, 7) is 4.30. The van der Waals surface area contributed by atoms with Gasteiger partial charge >= 0.3 is 0 Å². The highest BCUT2D eigenvalue weighted by atomic mass is 32.2. The standard InChI is InChI=1S/C27H34N2O3S/c1-18-3-9-25(10-4-18)33(31,32)28-17-20-5-7-24(8-6-20)26(30)29-19(2)27-14-21-11-22(15-27)13-23(12-21)16-27/h3-10,19,21-23,28H,11-17H2,1-2H3,(H,29,30)/t19-,21?,22?,23?,27?/m1/s1. The number of sulfonamides is 1. The second-order valence-electron chi connectivity index (χ2n) is 10.8. The number of nitrogens with one attached hydrogen (secondary N) is 2. The lowest BCUT2D eigenvalue weighted by atomic mass is 9.48. The molecule has 4 bridgehead atoms. The molecule has 0 spiro atoms. The summed E-state index contributed by atoms with van der Waals surface area (Å²) in [5.41, 5.74) is 2.73. The van der Waals surface area contributed by atoms with E-state index in [4.69, 9.17) is 0 Å². The molecular formula is C27H34N2O3S. The SMILES string of the molecule is Cc1ccc(S(=O)(=O)NCc2ccc(C(=O)N[C@H](C)C34CC5CC(CC(C5)C3)C4)cc2)cc1. The summed E-state index contributed by atoms with van der Waals surface area (Å²) in [5.74, 6) is 2.54. The van der Waals surface area contributed by atoms with Crippen LogP contribution in [0.5, 0.6) is 0 Å². The molecule has 33 heavy (non-hydrogen) atoms. The van der Waals surface area contributed by atoms with Gasteiger partial charge in [0.1, 0.15) is 0 Å². The second kappa shape index (κ2) is 8.55. The fourth-order valence-corrected chi connectivity index (χ4v) is 7.91. The van der Waals surface area contributed by atoms with Gasteiger partial charge in [0, 0.05) is 18.2 Å². The highest BCUT2D eigenvalue weighted by molar-refractivity contribution is 7.89. The molecule has 6 heteroatoms. The summed E-state index contributed by atoms with van der Waals surface area (Å²) in [7, 11) is -3.57. The third-order valence-electron chi connectivity index (χ3n) is 8.37. The Kier molecular flexibility index (Phi) is 5.86. The van der Waals surface area contributed by atoms with E-state index in [0.717, 1.165) is 28.9 Å². The Labute approximate surface area is 197 Å². The van der Waals surface area contributed by atoms with Crippen molar-refractivity contribution in [1.82, 2.24) is 10.0 Å². The van der Waals surface area contributed by atoms with Gasteiger partial charge in [-0.1, -0.05) is 29.8 Å². The Balaban J connectivity index is 1.19. The molecule has 4 saturated carbocycles. The molecule has 4 aliphatic carbocycles. The minimum absolute atomic E-state index is 0.0370. The lowest BCUT2D eigenvalue weighted by molar-refractivity contribution is -0.0688. The summed E-state index contributed by atoms with van der Waals surface area (Å²) in [5, 5.41) is 3.30. The number of benzene rings is 2. The van der Waals surface area contributed by atoms with Gasteiger partial charge in [0.15, 0.2) is 0 Å². The topological polar surface area (TPSA) is 75.3 Å². The van der Waals surface area contributed by atoms with E-state index in [9.17, 15) is 13.2 Å². The van der Waals surface area contributed by atoms with Gasteiger partial charge in [0.2, 0.25) is 10.0 Å². The molecule has 0 saturated heterocycles. The zero-order valence-electron chi connectivity index (χ0n) is 19.5. The van der Waals surface area contributed by atoms with E-state index in [0.29, 0.717) is 5.56 Å². The molecule has 1 atom stereocenters. The first-order valence-corrected chi connectivity index (χ1v) is 13.7. The molecule has 0 unspecified atom stereocenters. The van der Waals surface area contributed by atoms with Crippen LogP contribution in [0.25, 0.3) is 0 Å². The predicted molar refractivity (Wildman–Crippen MR) is 129 cm³/mol. The maximum absolute atomic E-state index is 13.0. The van der Waals surface area contributed by atoms with E-state index in [-0.39, 0.29) is 28.8 Å². The lowest BCUT2D eigenvalue weighted by Gasteiger charge is -2.59. The molecule has 4 fully saturated rings. The van der Waals surface area contributed by atoms with Crippen LogP contribution < -0.4 is 10.0 Å². The van der Waals surface area contributed by atoms with Crippen molar-refractivity contribution in [3.05, 3.63) is 65.2 Å². The van der Waals surface area contributed by atoms with E-state index in [1.165, 1.54) is 38.5 Å². The monoisotopic (exact) mass is 466 g/mol. The Morgan fingerprint density at radius 3 is 2.03 bits per heavy atom. The van der Waals surface area contributed by atoms with Crippen molar-refractivity contribution in [3.63, 3.8) is 0 Å². The van der Waals surface area contributed by atoms with E-state index in [1.54, 1.807) is 36.4 Å². The summed E-state index contributed by atoms with van der Waals surface area (Å²) >= 11 is 0. The van der Waals surface area contributed by atoms with Gasteiger partial charge in [-0.25, -0.2) is 13.1 Å². The first-order chi connectivity index (χ1) is 15.7. The van der Waals surface area contributed by atoms with Crippen LogP contribution in [-0.4, -0.2) is 20.4 Å². The molecule has 0 heterocycles. The van der Waals surface area contributed by atoms with Crippen LogP contribution in [0.4, 0.5) is 0 Å². The van der Waals surface area contributed by atoms with Crippen molar-refractivity contribution in [2.75, 3.05) is 0 Å². The van der Waals surface area contributed by atoms with Crippen LogP contribution >= 0.6 is 0 Å². The molecule has 1 amide bonds. The fraction of sp³-hybridized carbons (Fsp3) is 0.519. The third-order valence-corrected chi connectivity index (χ3v) is 9.78. The minimum atomic E-state index is -3.57. The van der Waals surface area contributed by atoms with Gasteiger partial charge in [-0.3, -0.25) is 4.79 Å². The van der Waals surface area contributed by atoms with Crippen LogP contribution in [0, 0.1) is 30.1 Å². The van der Waals surface area contributed by atoms with Crippen molar-refractivity contribution in [3.8, 4) is 0 Å². The van der Waals surface area contributed by atoms with Gasteiger partial charge in [0.25, 0.3) is 5.91 Å². The van der Waals surface area contributed by atoms with Gasteiger partial charge in [-0.15, -0.1) is 0 Å². The molecule has 176 valence electrons. The molecule has 2 aromatic rings. The Morgan fingerprint density at radius 2 is 1.48 bits per heavy atom. The van der Waals surface area contributed by atoms with E-state index in [2.05, 4.69) is 17.0 Å². The average molecular weight is 467 g/mol. The Hall–Kier alpha value is -2.18. The Bertz CT molecular complexity index is 1090. The quantitative estimate of drug-likeness (QED) is 0.615. The maximum atomic E-state index is 13.0. The maximum Gasteiger partial charge on any atom is 0.251 e. The smallest absolute Gasteiger partial charge is 0.251 e. The molecule has 0 radical (unpaired) electrons. The van der Waals surface area contributed by atoms with Crippen LogP contribution in [0.2, 0.25) is 0 Å². The molecular weight excluding hydrogens is 432 g/mol. The highest BCUT2D eigenvalue weighted by Gasteiger charge is 2.53. The van der Waals surface area contributed by atoms with Gasteiger partial charge in [-0.05, 0) is 105 Å². The first kappa shape index (κ1) is 22.6. The van der Waals surface area contributed by atoms with Gasteiger partial charge in [0.05, 0.1) is 4.90 Å². The van der Waals surface area contributed by atoms with E-state index in [1.807, 2.05) is 19.1 Å². The normalized spacial score (nSPS) is 29.1. The van der Waals surface area contributed by atoms with Gasteiger partial charge in [-0.2, -0.15) is 0 Å². The zero-order valence-corrected chi connectivity index (χ0v) is 20.3. The number of carbonyl (C=O) groups excluding carboxylic acids is 1. The summed E-state index contributed by atoms with van der Waals surface area (Å²) in [6, 6.07) is 14.2. The van der Waals surface area contributed by atoms with E-state index >= 15 is 0 Å². The fourth-order valence-electron chi connectivity index (χ4n) is 6.89. The number of hydrogen-bond donors (Lipinski definition) is 2. The van der Waals surface area contributed by atoms with Gasteiger partial charge < -0.3 is 5.32 Å². The molecule has 2 aromatic carbocycles. The van der Waals surface area contributed by atoms with Crippen LogP contribution in [0.3, 0.4) is 0 Å². The van der Waals surface area contributed by atoms with Crippen molar-refractivity contribution < 1.29 is 13.2 Å². The number of aryl methyl sites for hydroxylation is 1. The predicted octanol–water partition coefficient (Wildman–Crippen LogP) is 4.81. The molecule has 0 aromatic heterocycles. The molecule has 6 rings (SSSR count). The number of rotatable bonds is 7. The lowest BCUT2D eigenvalue weighted by Crippen LogP contribution is -2.55.